The molecule has 0 atom stereocenters. The number of esters is 1. The Bertz CT molecular complexity index is 384. The highest BCUT2D eigenvalue weighted by Gasteiger charge is 2.05. The molecule has 0 saturated heterocycles. The molecule has 0 radical (unpaired) electrons. The van der Waals surface area contributed by atoms with Crippen molar-refractivity contribution in [1.82, 2.24) is 9.97 Å². The van der Waals surface area contributed by atoms with Crippen molar-refractivity contribution in [2.24, 2.45) is 0 Å². The highest BCUT2D eigenvalue weighted by Crippen LogP contribution is 2.08. The standard InChI is InChI=1S/C10H16N4O3/c1-3-17-6-9-13-7(11)4-8(14-9)12-5-10(15)16-2/h4H,3,5-6H2,1-2H3,(H3,11,12,13,14). The van der Waals surface area contributed by atoms with E-state index < -0.39 is 0 Å². The molecule has 94 valence electrons. The highest BCUT2D eigenvalue weighted by atomic mass is 16.5. The van der Waals surface area contributed by atoms with Gasteiger partial charge in [0, 0.05) is 12.7 Å². The van der Waals surface area contributed by atoms with Gasteiger partial charge >= 0.3 is 5.97 Å². The first kappa shape index (κ1) is 13.2. The summed E-state index contributed by atoms with van der Waals surface area (Å²) in [6, 6.07) is 1.54. The summed E-state index contributed by atoms with van der Waals surface area (Å²) < 4.78 is 9.67. The number of ether oxygens (including phenoxy) is 2. The van der Waals surface area contributed by atoms with Crippen LogP contribution in [0.15, 0.2) is 6.07 Å². The van der Waals surface area contributed by atoms with Gasteiger partial charge in [-0.05, 0) is 6.92 Å². The molecule has 0 aliphatic carbocycles. The molecule has 1 aromatic rings. The maximum absolute atomic E-state index is 10.9. The average Bonchev–Trinajstić information content (AvgIpc) is 2.32. The smallest absolute Gasteiger partial charge is 0.325 e. The van der Waals surface area contributed by atoms with Crippen molar-refractivity contribution in [3.8, 4) is 0 Å². The predicted molar refractivity (Wildman–Crippen MR) is 62.3 cm³/mol. The molecule has 0 aliphatic heterocycles. The fourth-order valence-corrected chi connectivity index (χ4v) is 1.10. The van der Waals surface area contributed by atoms with Crippen molar-refractivity contribution in [2.75, 3.05) is 31.3 Å². The normalized spacial score (nSPS) is 10.0. The van der Waals surface area contributed by atoms with Gasteiger partial charge in [0.25, 0.3) is 0 Å². The molecule has 1 heterocycles. The van der Waals surface area contributed by atoms with E-state index in [1.807, 2.05) is 6.92 Å². The van der Waals surface area contributed by atoms with E-state index >= 15 is 0 Å². The van der Waals surface area contributed by atoms with Crippen LogP contribution in [-0.2, 0) is 20.9 Å². The molecule has 7 nitrogen and oxygen atoms in total. The van der Waals surface area contributed by atoms with Gasteiger partial charge in [-0.2, -0.15) is 0 Å². The lowest BCUT2D eigenvalue weighted by Gasteiger charge is -2.07. The van der Waals surface area contributed by atoms with Crippen LogP contribution in [0.3, 0.4) is 0 Å². The number of hydrogen-bond donors (Lipinski definition) is 2. The van der Waals surface area contributed by atoms with Crippen molar-refractivity contribution < 1.29 is 14.3 Å². The molecule has 0 saturated carbocycles. The summed E-state index contributed by atoms with van der Waals surface area (Å²) in [7, 11) is 1.32. The largest absolute Gasteiger partial charge is 0.468 e. The molecule has 1 aromatic heterocycles. The SMILES string of the molecule is CCOCc1nc(N)cc(NCC(=O)OC)n1. The Labute approximate surface area is 99.3 Å². The maximum Gasteiger partial charge on any atom is 0.325 e. The lowest BCUT2D eigenvalue weighted by atomic mass is 10.4. The molecule has 1 rings (SSSR count). The Morgan fingerprint density at radius 1 is 1.53 bits per heavy atom. The van der Waals surface area contributed by atoms with Gasteiger partial charge in [0.2, 0.25) is 0 Å². The van der Waals surface area contributed by atoms with Crippen molar-refractivity contribution in [3.05, 3.63) is 11.9 Å². The second-order valence-corrected chi connectivity index (χ2v) is 3.16. The van der Waals surface area contributed by atoms with Crippen LogP contribution in [0.1, 0.15) is 12.7 Å². The van der Waals surface area contributed by atoms with E-state index in [1.54, 1.807) is 6.07 Å². The Kier molecular flexibility index (Phi) is 5.15. The number of anilines is 2. The van der Waals surface area contributed by atoms with Crippen LogP contribution >= 0.6 is 0 Å². The lowest BCUT2D eigenvalue weighted by molar-refractivity contribution is -0.138. The van der Waals surface area contributed by atoms with Crippen LogP contribution in [0.4, 0.5) is 11.6 Å². The highest BCUT2D eigenvalue weighted by molar-refractivity contribution is 5.74. The van der Waals surface area contributed by atoms with Gasteiger partial charge in [-0.25, -0.2) is 9.97 Å². The van der Waals surface area contributed by atoms with E-state index in [9.17, 15) is 4.79 Å². The van der Waals surface area contributed by atoms with E-state index in [1.165, 1.54) is 7.11 Å². The van der Waals surface area contributed by atoms with Gasteiger partial charge in [0.15, 0.2) is 5.82 Å². The Hall–Kier alpha value is -1.89. The molecular formula is C10H16N4O3. The van der Waals surface area contributed by atoms with Crippen LogP contribution in [0, 0.1) is 0 Å². The fourth-order valence-electron chi connectivity index (χ4n) is 1.10. The minimum atomic E-state index is -0.381. The molecular weight excluding hydrogens is 224 g/mol. The summed E-state index contributed by atoms with van der Waals surface area (Å²) in [5, 5.41) is 2.79. The first-order valence-electron chi connectivity index (χ1n) is 5.17. The number of carbonyl (C=O) groups is 1. The molecule has 0 spiro atoms. The van der Waals surface area contributed by atoms with Gasteiger partial charge in [-0.1, -0.05) is 0 Å². The van der Waals surface area contributed by atoms with Crippen molar-refractivity contribution in [3.63, 3.8) is 0 Å². The number of nitrogens with one attached hydrogen (secondary N) is 1. The average molecular weight is 240 g/mol. The van der Waals surface area contributed by atoms with Crippen LogP contribution in [0.2, 0.25) is 0 Å². The molecule has 7 heteroatoms. The Morgan fingerprint density at radius 3 is 2.94 bits per heavy atom. The number of rotatable bonds is 6. The number of methoxy groups -OCH3 is 1. The number of carbonyl (C=O) groups excluding carboxylic acids is 1. The van der Waals surface area contributed by atoms with Crippen LogP contribution in [0.25, 0.3) is 0 Å². The predicted octanol–water partition coefficient (Wildman–Crippen LogP) is 0.180. The van der Waals surface area contributed by atoms with Gasteiger partial charge in [0.05, 0.1) is 7.11 Å². The first-order valence-corrected chi connectivity index (χ1v) is 5.17. The minimum absolute atomic E-state index is 0.0288. The maximum atomic E-state index is 10.9. The topological polar surface area (TPSA) is 99.4 Å². The quantitative estimate of drug-likeness (QED) is 0.684. The molecule has 0 aliphatic rings. The van der Waals surface area contributed by atoms with Crippen molar-refractivity contribution in [2.45, 2.75) is 13.5 Å². The lowest BCUT2D eigenvalue weighted by Crippen LogP contribution is -2.16. The van der Waals surface area contributed by atoms with Gasteiger partial charge < -0.3 is 20.5 Å². The minimum Gasteiger partial charge on any atom is -0.468 e. The van der Waals surface area contributed by atoms with Crippen molar-refractivity contribution >= 4 is 17.6 Å². The van der Waals surface area contributed by atoms with Crippen LogP contribution < -0.4 is 11.1 Å². The van der Waals surface area contributed by atoms with E-state index in [-0.39, 0.29) is 19.1 Å². The zero-order chi connectivity index (χ0) is 12.7. The molecule has 0 fully saturated rings. The number of aromatic nitrogens is 2. The van der Waals surface area contributed by atoms with E-state index in [4.69, 9.17) is 10.5 Å². The van der Waals surface area contributed by atoms with E-state index in [0.717, 1.165) is 0 Å². The molecule has 17 heavy (non-hydrogen) atoms. The van der Waals surface area contributed by atoms with E-state index in [2.05, 4.69) is 20.0 Å². The van der Waals surface area contributed by atoms with Crippen LogP contribution in [0.5, 0.6) is 0 Å². The molecule has 0 unspecified atom stereocenters. The monoisotopic (exact) mass is 240 g/mol. The second kappa shape index (κ2) is 6.64. The zero-order valence-corrected chi connectivity index (χ0v) is 9.90. The third kappa shape index (κ3) is 4.64. The Balaban J connectivity index is 2.65. The van der Waals surface area contributed by atoms with Gasteiger partial charge in [-0.15, -0.1) is 0 Å². The molecule has 3 N–H and O–H groups in total. The fraction of sp³-hybridized carbons (Fsp3) is 0.500. The third-order valence-corrected chi connectivity index (χ3v) is 1.87. The number of nitrogens with zero attached hydrogens (tertiary/aromatic N) is 2. The van der Waals surface area contributed by atoms with Crippen LogP contribution in [-0.4, -0.2) is 36.2 Å². The molecule has 0 amide bonds. The number of nitrogens with two attached hydrogens (primary N) is 1. The van der Waals surface area contributed by atoms with Gasteiger partial charge in [-0.3, -0.25) is 4.79 Å². The molecule has 0 bridgehead atoms. The third-order valence-electron chi connectivity index (χ3n) is 1.87. The van der Waals surface area contributed by atoms with E-state index in [0.29, 0.717) is 24.1 Å². The molecule has 0 aromatic carbocycles. The first-order chi connectivity index (χ1) is 8.15. The van der Waals surface area contributed by atoms with Gasteiger partial charge in [0.1, 0.15) is 24.8 Å². The summed E-state index contributed by atoms with van der Waals surface area (Å²) in [6.07, 6.45) is 0. The Morgan fingerprint density at radius 2 is 2.29 bits per heavy atom. The summed E-state index contributed by atoms with van der Waals surface area (Å²) >= 11 is 0. The summed E-state index contributed by atoms with van der Waals surface area (Å²) in [4.78, 5) is 19.1. The second-order valence-electron chi connectivity index (χ2n) is 3.16. The van der Waals surface area contributed by atoms with Crippen molar-refractivity contribution in [1.29, 1.82) is 0 Å². The number of nitrogen functional groups attached to an aromatic ring is 1. The summed E-state index contributed by atoms with van der Waals surface area (Å²) in [5.74, 6) is 0.882. The number of hydrogen-bond acceptors (Lipinski definition) is 7. The zero-order valence-electron chi connectivity index (χ0n) is 9.90. The summed E-state index contributed by atoms with van der Waals surface area (Å²) in [5.41, 5.74) is 5.61. The summed E-state index contributed by atoms with van der Waals surface area (Å²) in [6.45, 7) is 2.77.